The van der Waals surface area contributed by atoms with E-state index in [-0.39, 0.29) is 18.6 Å². The van der Waals surface area contributed by atoms with Crippen LogP contribution in [0.2, 0.25) is 0 Å². The summed E-state index contributed by atoms with van der Waals surface area (Å²) < 4.78 is 0. The molecular formula is C45H89NO3. The number of ketones is 1. The van der Waals surface area contributed by atoms with Crippen molar-refractivity contribution >= 4 is 11.7 Å². The summed E-state index contributed by atoms with van der Waals surface area (Å²) in [5, 5.41) is 12.8. The molecule has 0 saturated carbocycles. The Kier molecular flexibility index (Phi) is 40.8. The molecule has 0 heterocycles. The zero-order valence-electron chi connectivity index (χ0n) is 33.6. The lowest BCUT2D eigenvalue weighted by Crippen LogP contribution is -2.37. The fraction of sp³-hybridized carbons (Fsp3) is 0.956. The summed E-state index contributed by atoms with van der Waals surface area (Å²) in [6.07, 6.45) is 48.7. The van der Waals surface area contributed by atoms with Gasteiger partial charge in [-0.25, -0.2) is 0 Å². The molecule has 2 N–H and O–H groups in total. The zero-order chi connectivity index (χ0) is 35.7. The molecule has 1 atom stereocenters. The van der Waals surface area contributed by atoms with Gasteiger partial charge in [0.1, 0.15) is 5.78 Å². The molecule has 0 aliphatic heterocycles. The molecule has 0 fully saturated rings. The highest BCUT2D eigenvalue weighted by Crippen LogP contribution is 2.16. The number of hydrogen-bond donors (Lipinski definition) is 2. The van der Waals surface area contributed by atoms with E-state index >= 15 is 0 Å². The normalized spacial score (nSPS) is 12.1. The van der Waals surface area contributed by atoms with Crippen molar-refractivity contribution in [3.05, 3.63) is 0 Å². The predicted molar refractivity (Wildman–Crippen MR) is 215 cm³/mol. The van der Waals surface area contributed by atoms with E-state index in [4.69, 9.17) is 0 Å². The second kappa shape index (κ2) is 41.5. The van der Waals surface area contributed by atoms with Crippen LogP contribution in [-0.2, 0) is 9.59 Å². The molecule has 0 aromatic rings. The number of Topliss-reactive ketones (excluding diaryl/α,β-unsaturated/α-hetero) is 1. The molecule has 0 aliphatic carbocycles. The standard InChI is InChI=1S/C45H89NO3/c1-3-5-7-9-11-13-14-15-16-19-23-26-30-34-38-43(42-47)46-45(49)41-37-33-29-25-21-18-17-20-24-28-32-36-40-44(48)39-35-31-27-22-12-10-8-6-4-2/h43,47H,3-42H2,1-2H3,(H,46,49)/t43-/m1/s1. The molecule has 49 heavy (non-hydrogen) atoms. The van der Waals surface area contributed by atoms with E-state index in [0.717, 1.165) is 51.4 Å². The van der Waals surface area contributed by atoms with Gasteiger partial charge in [-0.3, -0.25) is 9.59 Å². The van der Waals surface area contributed by atoms with Crippen LogP contribution < -0.4 is 5.32 Å². The monoisotopic (exact) mass is 692 g/mol. The third kappa shape index (κ3) is 39.7. The first-order valence-electron chi connectivity index (χ1n) is 22.6. The molecule has 292 valence electrons. The minimum absolute atomic E-state index is 0.0588. The van der Waals surface area contributed by atoms with E-state index in [9.17, 15) is 14.7 Å². The fourth-order valence-electron chi connectivity index (χ4n) is 7.23. The summed E-state index contributed by atoms with van der Waals surface area (Å²) in [6, 6.07) is -0.0679. The highest BCUT2D eigenvalue weighted by atomic mass is 16.3. The second-order valence-electron chi connectivity index (χ2n) is 15.7. The summed E-state index contributed by atoms with van der Waals surface area (Å²) in [7, 11) is 0. The number of rotatable bonds is 42. The lowest BCUT2D eigenvalue weighted by atomic mass is 10.0. The number of nitrogens with one attached hydrogen (secondary N) is 1. The van der Waals surface area contributed by atoms with Crippen molar-refractivity contribution in [3.63, 3.8) is 0 Å². The smallest absolute Gasteiger partial charge is 0.220 e. The predicted octanol–water partition coefficient (Wildman–Crippen LogP) is 14.3. The van der Waals surface area contributed by atoms with E-state index in [1.54, 1.807) is 0 Å². The Balaban J connectivity index is 3.39. The van der Waals surface area contributed by atoms with Gasteiger partial charge in [-0.05, 0) is 25.7 Å². The Bertz CT molecular complexity index is 666. The van der Waals surface area contributed by atoms with Crippen LogP contribution in [0.25, 0.3) is 0 Å². The largest absolute Gasteiger partial charge is 0.394 e. The van der Waals surface area contributed by atoms with Crippen LogP contribution in [0.3, 0.4) is 0 Å². The van der Waals surface area contributed by atoms with Gasteiger partial charge in [0.2, 0.25) is 5.91 Å². The number of hydrogen-bond acceptors (Lipinski definition) is 3. The number of aliphatic hydroxyl groups excluding tert-OH is 1. The van der Waals surface area contributed by atoms with Gasteiger partial charge in [-0.1, -0.05) is 219 Å². The first-order chi connectivity index (χ1) is 24.1. The number of unbranched alkanes of at least 4 members (excludes halogenated alkanes) is 32. The van der Waals surface area contributed by atoms with E-state index in [1.165, 1.54) is 193 Å². The van der Waals surface area contributed by atoms with Crippen LogP contribution in [-0.4, -0.2) is 29.4 Å². The molecule has 4 nitrogen and oxygen atoms in total. The maximum absolute atomic E-state index is 12.4. The van der Waals surface area contributed by atoms with Crippen LogP contribution in [0.1, 0.15) is 264 Å². The van der Waals surface area contributed by atoms with Crippen molar-refractivity contribution < 1.29 is 14.7 Å². The molecule has 0 aliphatic rings. The van der Waals surface area contributed by atoms with Gasteiger partial charge in [0.05, 0.1) is 12.6 Å². The molecule has 0 spiro atoms. The van der Waals surface area contributed by atoms with Gasteiger partial charge in [0.25, 0.3) is 0 Å². The van der Waals surface area contributed by atoms with Gasteiger partial charge in [0, 0.05) is 19.3 Å². The van der Waals surface area contributed by atoms with Crippen molar-refractivity contribution in [2.75, 3.05) is 6.61 Å². The summed E-state index contributed by atoms with van der Waals surface area (Å²) >= 11 is 0. The van der Waals surface area contributed by atoms with Crippen molar-refractivity contribution in [1.82, 2.24) is 5.32 Å². The maximum atomic E-state index is 12.4. The van der Waals surface area contributed by atoms with E-state index in [1.807, 2.05) is 0 Å². The molecule has 0 bridgehead atoms. The van der Waals surface area contributed by atoms with E-state index < -0.39 is 0 Å². The SMILES string of the molecule is CCCCCCCCCCCCCCCC[C@H](CO)NC(=O)CCCCCCCCCCCCCCC(=O)CCCCCCCCCCC. The maximum Gasteiger partial charge on any atom is 0.220 e. The van der Waals surface area contributed by atoms with Crippen LogP contribution >= 0.6 is 0 Å². The lowest BCUT2D eigenvalue weighted by molar-refractivity contribution is -0.122. The molecule has 1 amide bonds. The van der Waals surface area contributed by atoms with Crippen molar-refractivity contribution in [1.29, 1.82) is 0 Å². The average Bonchev–Trinajstić information content (AvgIpc) is 3.10. The lowest BCUT2D eigenvalue weighted by Gasteiger charge is -2.16. The van der Waals surface area contributed by atoms with Gasteiger partial charge < -0.3 is 10.4 Å². The molecule has 4 heteroatoms. The molecule has 0 rings (SSSR count). The van der Waals surface area contributed by atoms with Gasteiger partial charge in [-0.2, -0.15) is 0 Å². The summed E-state index contributed by atoms with van der Waals surface area (Å²) in [4.78, 5) is 24.5. The number of carbonyl (C=O) groups is 2. The second-order valence-corrected chi connectivity index (χ2v) is 15.7. The minimum Gasteiger partial charge on any atom is -0.394 e. The minimum atomic E-state index is -0.0679. The third-order valence-corrected chi connectivity index (χ3v) is 10.7. The zero-order valence-corrected chi connectivity index (χ0v) is 33.6. The summed E-state index contributed by atoms with van der Waals surface area (Å²) in [5.74, 6) is 0.612. The number of carbonyl (C=O) groups excluding carboxylic acids is 2. The number of aliphatic hydroxyl groups is 1. The Hall–Kier alpha value is -0.900. The van der Waals surface area contributed by atoms with E-state index in [2.05, 4.69) is 19.2 Å². The van der Waals surface area contributed by atoms with Crippen molar-refractivity contribution in [3.8, 4) is 0 Å². The Labute approximate surface area is 307 Å². The van der Waals surface area contributed by atoms with Gasteiger partial charge in [-0.15, -0.1) is 0 Å². The Morgan fingerprint density at radius 2 is 0.653 bits per heavy atom. The Morgan fingerprint density at radius 3 is 0.959 bits per heavy atom. The third-order valence-electron chi connectivity index (χ3n) is 10.7. The van der Waals surface area contributed by atoms with Gasteiger partial charge in [0.15, 0.2) is 0 Å². The highest BCUT2D eigenvalue weighted by molar-refractivity contribution is 5.78. The van der Waals surface area contributed by atoms with Gasteiger partial charge >= 0.3 is 0 Å². The molecule has 0 unspecified atom stereocenters. The van der Waals surface area contributed by atoms with E-state index in [0.29, 0.717) is 12.2 Å². The van der Waals surface area contributed by atoms with Crippen molar-refractivity contribution in [2.24, 2.45) is 0 Å². The molecule has 0 saturated heterocycles. The first-order valence-corrected chi connectivity index (χ1v) is 22.6. The molecule has 0 aromatic heterocycles. The highest BCUT2D eigenvalue weighted by Gasteiger charge is 2.11. The summed E-state index contributed by atoms with van der Waals surface area (Å²) in [5.41, 5.74) is 0. The topological polar surface area (TPSA) is 66.4 Å². The summed E-state index contributed by atoms with van der Waals surface area (Å²) in [6.45, 7) is 4.61. The number of amides is 1. The first kappa shape index (κ1) is 48.1. The quantitative estimate of drug-likeness (QED) is 0.0626. The average molecular weight is 692 g/mol. The molecule has 0 aromatic carbocycles. The fourth-order valence-corrected chi connectivity index (χ4v) is 7.23. The molecule has 0 radical (unpaired) electrons. The van der Waals surface area contributed by atoms with Crippen LogP contribution in [0.5, 0.6) is 0 Å². The molecular weight excluding hydrogens is 602 g/mol. The van der Waals surface area contributed by atoms with Crippen LogP contribution in [0.15, 0.2) is 0 Å². The van der Waals surface area contributed by atoms with Crippen LogP contribution in [0.4, 0.5) is 0 Å². The Morgan fingerprint density at radius 1 is 0.388 bits per heavy atom. The van der Waals surface area contributed by atoms with Crippen molar-refractivity contribution in [2.45, 2.75) is 270 Å². The van der Waals surface area contributed by atoms with Crippen LogP contribution in [0, 0.1) is 0 Å².